The number of halogens is 4. The van der Waals surface area contributed by atoms with Crippen LogP contribution in [0, 0.1) is 44.5 Å². The van der Waals surface area contributed by atoms with Gasteiger partial charge in [0.25, 0.3) is 0 Å². The second kappa shape index (κ2) is 41.2. The van der Waals surface area contributed by atoms with Crippen LogP contribution in [0.2, 0.25) is 0 Å². The van der Waals surface area contributed by atoms with Crippen LogP contribution in [0.4, 0.5) is 23.0 Å². The fourth-order valence-electron chi connectivity index (χ4n) is 14.7. The molecule has 3 aliphatic heterocycles. The van der Waals surface area contributed by atoms with Crippen molar-refractivity contribution in [2.75, 3.05) is 80.6 Å². The lowest BCUT2D eigenvalue weighted by Gasteiger charge is -2.25. The smallest absolute Gasteiger partial charge is 0.494 e. The van der Waals surface area contributed by atoms with Gasteiger partial charge in [0.15, 0.2) is 0 Å². The Morgan fingerprint density at radius 3 is 1.22 bits per heavy atom. The van der Waals surface area contributed by atoms with Crippen LogP contribution in [0.3, 0.4) is 0 Å². The first-order valence-electron chi connectivity index (χ1n) is 39.6. The van der Waals surface area contributed by atoms with Gasteiger partial charge in [-0.2, -0.15) is 23.5 Å². The maximum absolute atomic E-state index is 16.2. The van der Waals surface area contributed by atoms with Crippen LogP contribution in [-0.2, 0) is 22.3 Å². The standard InChI is InChI=1S/C95H103B2F4N5O4S2/c1-12-18-56-109-81-47-34-76(35-48-81)39-52-88-85(16-5)67(8)93(103-88)91(95-69(10)86(17-6)89(106(95)97(100)101)53-40-77-36-49-82(50-37-77)110-57-19-13-2)79-43-30-74(31-44-79)27-25-72-22-20-71(21-23-72)24-26-73-28-41-78(42-29-73)90(94-68(9)83(14-3)70(11)105(94)96(98)99)92-66(7)84(15-4)87(102-92)51-38-75-32-45-80(46-33-75)104-54-62-111-64-60-107-58-59-108-61-65-112-63-55-104/h20-23,28-53H,12-19,54-65H2,1-11H3/b51-38+,52-39+,53-40+,92-90-,93-91-. The van der Waals surface area contributed by atoms with Crippen molar-refractivity contribution in [2.24, 2.45) is 9.98 Å². The summed E-state index contributed by atoms with van der Waals surface area (Å²) in [7, 11) is -5.66. The summed E-state index contributed by atoms with van der Waals surface area (Å²) >= 11 is 3.83. The van der Waals surface area contributed by atoms with E-state index in [4.69, 9.17) is 28.9 Å². The maximum atomic E-state index is 16.2. The summed E-state index contributed by atoms with van der Waals surface area (Å²) < 4.78 is 89.4. The summed E-state index contributed by atoms with van der Waals surface area (Å²) in [6.45, 7) is 28.3. The number of thioether (sulfide) groups is 2. The van der Waals surface area contributed by atoms with Crippen molar-refractivity contribution in [3.05, 3.63) is 287 Å². The molecule has 0 spiro atoms. The third-order valence-corrected chi connectivity index (χ3v) is 22.7. The van der Waals surface area contributed by atoms with E-state index in [0.29, 0.717) is 97.4 Å². The highest BCUT2D eigenvalue weighted by Gasteiger charge is 2.35. The highest BCUT2D eigenvalue weighted by Crippen LogP contribution is 2.44. The van der Waals surface area contributed by atoms with Crippen molar-refractivity contribution in [1.29, 1.82) is 0 Å². The molecule has 0 radical (unpaired) electrons. The predicted molar refractivity (Wildman–Crippen MR) is 468 cm³/mol. The van der Waals surface area contributed by atoms with Crippen molar-refractivity contribution >= 4 is 90.9 Å². The van der Waals surface area contributed by atoms with Crippen molar-refractivity contribution in [1.82, 2.24) is 8.96 Å². The number of unbranched alkanes of at least 4 members (excludes halogenated alkanes) is 2. The van der Waals surface area contributed by atoms with Gasteiger partial charge in [-0.05, 0) is 249 Å². The van der Waals surface area contributed by atoms with E-state index in [1.54, 1.807) is 6.92 Å². The SMILES string of the molecule is CCCCOc1ccc(/C=C/C2=NC(=C(/c3ccc(C#Cc4ccc(C#Cc5ccc(/C(=C6N=C(/C=C/c7ccc(N8CCSCCOCCOCCSCC8)cc7)C(CC)=C/6C)c6c(C)c(CC)c(C)n6B(F)F)cc5)cc4)cc3)c3c(C)c(CC)c(/C=C/c4ccc(OCCCC)cc4)n3B(F)F)/C(C)=C2CC)cc1. The summed E-state index contributed by atoms with van der Waals surface area (Å²) in [5.41, 5.74) is 22.0. The predicted octanol–water partition coefficient (Wildman–Crippen LogP) is 22.8. The zero-order chi connectivity index (χ0) is 79.0. The normalized spacial score (nSPS) is 15.7. The number of allylic oxidation sites excluding steroid dienone is 6. The van der Waals surface area contributed by atoms with E-state index in [-0.39, 0.29) is 0 Å². The number of hydrogen-bond donors (Lipinski definition) is 0. The molecule has 8 aromatic rings. The van der Waals surface area contributed by atoms with Crippen LogP contribution in [-0.4, -0.2) is 111 Å². The number of nitrogens with zero attached hydrogens (tertiary/aromatic N) is 5. The molecule has 1 fully saturated rings. The Labute approximate surface area is 671 Å². The molecule has 3 aliphatic rings. The molecule has 11 rings (SSSR count). The highest BCUT2D eigenvalue weighted by atomic mass is 32.2. The van der Waals surface area contributed by atoms with Gasteiger partial charge in [0, 0.05) is 98.0 Å². The molecule has 0 saturated carbocycles. The highest BCUT2D eigenvalue weighted by molar-refractivity contribution is 7.99. The van der Waals surface area contributed by atoms with Gasteiger partial charge in [0.1, 0.15) is 11.5 Å². The largest absolute Gasteiger partial charge is 0.678 e. The van der Waals surface area contributed by atoms with Crippen LogP contribution >= 0.6 is 23.5 Å². The molecule has 2 aromatic heterocycles. The Balaban J connectivity index is 0.862. The lowest BCUT2D eigenvalue weighted by atomic mass is 9.92. The maximum Gasteiger partial charge on any atom is 0.678 e. The minimum atomic E-state index is -2.88. The number of hydrogen-bond acceptors (Lipinski definition) is 9. The van der Waals surface area contributed by atoms with Crippen LogP contribution in [0.25, 0.3) is 35.5 Å². The molecular weight excluding hydrogens is 1440 g/mol. The van der Waals surface area contributed by atoms with Crippen LogP contribution in [0.1, 0.15) is 189 Å². The molecule has 9 nitrogen and oxygen atoms in total. The molecule has 0 unspecified atom stereocenters. The molecule has 112 heavy (non-hydrogen) atoms. The molecule has 0 aliphatic carbocycles. The number of aromatic nitrogens is 2. The first kappa shape index (κ1) is 83.3. The molecular formula is C95H103B2F4N5O4S2. The summed E-state index contributed by atoms with van der Waals surface area (Å²) in [5, 5.41) is 0. The van der Waals surface area contributed by atoms with Crippen molar-refractivity contribution in [3.8, 4) is 35.2 Å². The van der Waals surface area contributed by atoms with Gasteiger partial charge in [-0.15, -0.1) is 0 Å². The zero-order valence-electron chi connectivity index (χ0n) is 66.8. The molecule has 0 amide bonds. The van der Waals surface area contributed by atoms with Gasteiger partial charge in [-0.1, -0.05) is 157 Å². The van der Waals surface area contributed by atoms with E-state index in [1.807, 2.05) is 204 Å². The molecule has 5 heterocycles. The molecule has 1 saturated heterocycles. The Bertz CT molecular complexity index is 4990. The average Bonchev–Trinajstić information content (AvgIpc) is 1.59. The van der Waals surface area contributed by atoms with Crippen molar-refractivity contribution < 1.29 is 36.2 Å². The van der Waals surface area contributed by atoms with E-state index in [0.717, 1.165) is 193 Å². The van der Waals surface area contributed by atoms with Crippen molar-refractivity contribution in [3.63, 3.8) is 0 Å². The number of aliphatic imine (C=N–C) groups is 2. The minimum absolute atomic E-state index is 0.413. The average molecular weight is 1540 g/mol. The summed E-state index contributed by atoms with van der Waals surface area (Å²) in [5.74, 6) is 18.9. The lowest BCUT2D eigenvalue weighted by molar-refractivity contribution is 0.0605. The Morgan fingerprint density at radius 1 is 0.446 bits per heavy atom. The summed E-state index contributed by atoms with van der Waals surface area (Å²) in [6.07, 6.45) is 18.5. The van der Waals surface area contributed by atoms with E-state index in [2.05, 4.69) is 99.6 Å². The van der Waals surface area contributed by atoms with Crippen LogP contribution in [0.15, 0.2) is 201 Å². The number of benzene rings is 6. The number of ether oxygens (including phenoxy) is 4. The monoisotopic (exact) mass is 1540 g/mol. The molecule has 6 aromatic carbocycles. The second-order valence-corrected chi connectivity index (χ2v) is 30.5. The van der Waals surface area contributed by atoms with E-state index in [9.17, 15) is 0 Å². The quantitative estimate of drug-likeness (QED) is 0.0244. The third kappa shape index (κ3) is 20.8. The van der Waals surface area contributed by atoms with Crippen LogP contribution < -0.4 is 14.4 Å². The molecule has 0 atom stereocenters. The van der Waals surface area contributed by atoms with Gasteiger partial charge < -0.3 is 32.8 Å². The molecule has 0 bridgehead atoms. The Hall–Kier alpha value is -9.61. The molecule has 578 valence electrons. The molecule has 17 heteroatoms. The van der Waals surface area contributed by atoms with Crippen molar-refractivity contribution in [2.45, 2.75) is 128 Å². The van der Waals surface area contributed by atoms with Gasteiger partial charge in [-0.25, -0.2) is 9.98 Å². The fraction of sp³-hybridized carbons (Fsp3) is 0.326. The fourth-order valence-corrected chi connectivity index (χ4v) is 16.3. The van der Waals surface area contributed by atoms with E-state index in [1.165, 1.54) is 14.6 Å². The number of anilines is 1. The minimum Gasteiger partial charge on any atom is -0.494 e. The zero-order valence-corrected chi connectivity index (χ0v) is 68.4. The van der Waals surface area contributed by atoms with Gasteiger partial charge in [-0.3, -0.25) is 17.3 Å². The van der Waals surface area contributed by atoms with E-state index >= 15 is 17.3 Å². The Morgan fingerprint density at radius 2 is 0.830 bits per heavy atom. The van der Waals surface area contributed by atoms with Gasteiger partial charge >= 0.3 is 14.8 Å². The number of rotatable bonds is 25. The summed E-state index contributed by atoms with van der Waals surface area (Å²) in [6, 6.07) is 47.9. The summed E-state index contributed by atoms with van der Waals surface area (Å²) in [4.78, 5) is 13.2. The topological polar surface area (TPSA) is 74.7 Å². The third-order valence-electron chi connectivity index (χ3n) is 20.8. The lowest BCUT2D eigenvalue weighted by Crippen LogP contribution is -2.28. The first-order valence-corrected chi connectivity index (χ1v) is 42.0. The first-order chi connectivity index (χ1) is 54.6. The van der Waals surface area contributed by atoms with E-state index < -0.39 is 14.8 Å². The van der Waals surface area contributed by atoms with Gasteiger partial charge in [0.2, 0.25) is 0 Å². The Kier molecular flexibility index (Phi) is 30.7. The second-order valence-electron chi connectivity index (χ2n) is 28.0. The van der Waals surface area contributed by atoms with Crippen LogP contribution in [0.5, 0.6) is 11.5 Å². The van der Waals surface area contributed by atoms with Gasteiger partial charge in [0.05, 0.1) is 62.5 Å². The molecule has 0 N–H and O–H groups in total.